The number of carbonyl (C=O) groups excluding carboxylic acids is 1. The van der Waals surface area contributed by atoms with Gasteiger partial charge in [-0.3, -0.25) is 0 Å². The number of carbonyl (C=O) groups is 1. The first kappa shape index (κ1) is 18.8. The first-order valence-corrected chi connectivity index (χ1v) is 10.6. The number of benzene rings is 1. The Labute approximate surface area is 136 Å². The Hall–Kier alpha value is -1.29. The summed E-state index contributed by atoms with van der Waals surface area (Å²) in [5.74, 6) is 0.371. The van der Waals surface area contributed by atoms with Crippen LogP contribution in [0, 0.1) is 0 Å². The highest BCUT2D eigenvalue weighted by Crippen LogP contribution is 2.39. The lowest BCUT2D eigenvalue weighted by Gasteiger charge is -2.29. The van der Waals surface area contributed by atoms with Crippen LogP contribution in [0.25, 0.3) is 0 Å². The summed E-state index contributed by atoms with van der Waals surface area (Å²) in [4.78, 5) is 12.3. The van der Waals surface area contributed by atoms with Crippen LogP contribution in [0.4, 0.5) is 0 Å². The highest BCUT2D eigenvalue weighted by atomic mass is 28.3. The first-order chi connectivity index (χ1) is 9.87. The van der Waals surface area contributed by atoms with Crippen LogP contribution >= 0.6 is 0 Å². The summed E-state index contributed by atoms with van der Waals surface area (Å²) in [7, 11) is 0.0733. The SMILES string of the molecule is COC(=O)c1cc(C(C)(C)C)cc(C(C)(C)C)c1O[SiH](C)C. The fourth-order valence-corrected chi connectivity index (χ4v) is 2.97. The molecule has 3 nitrogen and oxygen atoms in total. The van der Waals surface area contributed by atoms with Crippen molar-refractivity contribution in [2.75, 3.05) is 7.11 Å². The van der Waals surface area contributed by atoms with Crippen LogP contribution in [-0.4, -0.2) is 22.1 Å². The molecule has 0 amide bonds. The van der Waals surface area contributed by atoms with E-state index in [1.807, 2.05) is 6.07 Å². The Morgan fingerprint density at radius 3 is 1.91 bits per heavy atom. The van der Waals surface area contributed by atoms with E-state index in [-0.39, 0.29) is 16.8 Å². The van der Waals surface area contributed by atoms with Crippen molar-refractivity contribution in [3.05, 3.63) is 28.8 Å². The van der Waals surface area contributed by atoms with E-state index in [9.17, 15) is 4.79 Å². The zero-order valence-corrected chi connectivity index (χ0v) is 16.6. The van der Waals surface area contributed by atoms with Crippen molar-refractivity contribution in [2.24, 2.45) is 0 Å². The third-order valence-electron chi connectivity index (χ3n) is 3.52. The number of rotatable bonds is 3. The maximum atomic E-state index is 12.3. The lowest BCUT2D eigenvalue weighted by atomic mass is 9.79. The molecule has 0 atom stereocenters. The van der Waals surface area contributed by atoms with E-state index in [2.05, 4.69) is 60.7 Å². The van der Waals surface area contributed by atoms with Crippen LogP contribution in [-0.2, 0) is 15.6 Å². The number of esters is 1. The Morgan fingerprint density at radius 2 is 1.55 bits per heavy atom. The van der Waals surface area contributed by atoms with Gasteiger partial charge in [-0.25, -0.2) is 4.79 Å². The Kier molecular flexibility index (Phi) is 5.50. The van der Waals surface area contributed by atoms with Crippen molar-refractivity contribution in [2.45, 2.75) is 65.5 Å². The molecule has 0 saturated heterocycles. The van der Waals surface area contributed by atoms with Gasteiger partial charge in [0.25, 0.3) is 0 Å². The third-order valence-corrected chi connectivity index (χ3v) is 4.23. The van der Waals surface area contributed by atoms with Gasteiger partial charge in [-0.05, 0) is 41.1 Å². The monoisotopic (exact) mass is 322 g/mol. The van der Waals surface area contributed by atoms with Crippen LogP contribution in [0.2, 0.25) is 13.1 Å². The molecule has 0 aliphatic heterocycles. The molecule has 0 saturated carbocycles. The molecule has 0 fully saturated rings. The molecule has 0 aliphatic rings. The van der Waals surface area contributed by atoms with Crippen LogP contribution in [0.1, 0.15) is 63.0 Å². The summed E-state index contributed by atoms with van der Waals surface area (Å²) < 4.78 is 11.1. The van der Waals surface area contributed by atoms with Crippen molar-refractivity contribution in [1.29, 1.82) is 0 Å². The number of hydrogen-bond acceptors (Lipinski definition) is 3. The lowest BCUT2D eigenvalue weighted by molar-refractivity contribution is 0.0598. The van der Waals surface area contributed by atoms with Gasteiger partial charge in [0.15, 0.2) is 0 Å². The summed E-state index contributed by atoms with van der Waals surface area (Å²) in [5.41, 5.74) is 2.58. The van der Waals surface area contributed by atoms with E-state index < -0.39 is 9.04 Å². The molecule has 0 bridgehead atoms. The molecule has 0 heterocycles. The molecule has 0 aliphatic carbocycles. The second-order valence-corrected chi connectivity index (χ2v) is 10.4. The van der Waals surface area contributed by atoms with E-state index in [1.54, 1.807) is 0 Å². The summed E-state index contributed by atoms with van der Waals surface area (Å²) in [6.45, 7) is 17.1. The molecule has 22 heavy (non-hydrogen) atoms. The maximum Gasteiger partial charge on any atom is 0.341 e. The zero-order valence-electron chi connectivity index (χ0n) is 15.5. The van der Waals surface area contributed by atoms with Crippen molar-refractivity contribution in [3.63, 3.8) is 0 Å². The number of hydrogen-bond donors (Lipinski definition) is 0. The minimum atomic E-state index is -1.34. The second-order valence-electron chi connectivity index (χ2n) is 8.06. The highest BCUT2D eigenvalue weighted by Gasteiger charge is 2.29. The van der Waals surface area contributed by atoms with Gasteiger partial charge < -0.3 is 9.16 Å². The van der Waals surface area contributed by atoms with E-state index in [0.717, 1.165) is 11.1 Å². The molecule has 1 aromatic rings. The smallest absolute Gasteiger partial charge is 0.341 e. The lowest BCUT2D eigenvalue weighted by Crippen LogP contribution is -2.23. The van der Waals surface area contributed by atoms with Crippen LogP contribution in [0.3, 0.4) is 0 Å². The number of methoxy groups -OCH3 is 1. The molecule has 0 aromatic heterocycles. The van der Waals surface area contributed by atoms with Crippen molar-refractivity contribution in [1.82, 2.24) is 0 Å². The molecular weight excluding hydrogens is 292 g/mol. The molecule has 124 valence electrons. The molecule has 1 rings (SSSR count). The average molecular weight is 323 g/mol. The topological polar surface area (TPSA) is 35.5 Å². The minimum Gasteiger partial charge on any atom is -0.546 e. The second kappa shape index (κ2) is 6.45. The van der Waals surface area contributed by atoms with E-state index in [4.69, 9.17) is 9.16 Å². The molecule has 1 aromatic carbocycles. The molecular formula is C18H30O3Si. The maximum absolute atomic E-state index is 12.3. The molecule has 0 N–H and O–H groups in total. The van der Waals surface area contributed by atoms with E-state index >= 15 is 0 Å². The van der Waals surface area contributed by atoms with Gasteiger partial charge in [-0.15, -0.1) is 0 Å². The normalized spacial score (nSPS) is 12.5. The first-order valence-electron chi connectivity index (χ1n) is 7.82. The van der Waals surface area contributed by atoms with Gasteiger partial charge in [0, 0.05) is 0 Å². The fraction of sp³-hybridized carbons (Fsp3) is 0.611. The summed E-state index contributed by atoms with van der Waals surface area (Å²) in [6, 6.07) is 4.10. The van der Waals surface area contributed by atoms with Gasteiger partial charge in [0.2, 0.25) is 9.04 Å². The molecule has 0 spiro atoms. The van der Waals surface area contributed by atoms with Crippen LogP contribution in [0.5, 0.6) is 5.75 Å². The summed E-state index contributed by atoms with van der Waals surface area (Å²) >= 11 is 0. The summed E-state index contributed by atoms with van der Waals surface area (Å²) in [6.07, 6.45) is 0. The number of ether oxygens (including phenoxy) is 1. The molecule has 0 unspecified atom stereocenters. The Balaban J connectivity index is 3.73. The van der Waals surface area contributed by atoms with Gasteiger partial charge in [-0.2, -0.15) is 0 Å². The molecule has 0 radical (unpaired) electrons. The third kappa shape index (κ3) is 4.35. The van der Waals surface area contributed by atoms with Crippen LogP contribution in [0.15, 0.2) is 12.1 Å². The van der Waals surface area contributed by atoms with Gasteiger partial charge in [0.05, 0.1) is 7.11 Å². The largest absolute Gasteiger partial charge is 0.546 e. The van der Waals surface area contributed by atoms with Crippen molar-refractivity contribution in [3.8, 4) is 5.75 Å². The van der Waals surface area contributed by atoms with E-state index in [1.165, 1.54) is 7.11 Å². The minimum absolute atomic E-state index is 0.0451. The predicted molar refractivity (Wildman–Crippen MR) is 94.7 cm³/mol. The standard InChI is InChI=1S/C18H30O3Si/c1-17(2,3)12-10-13(16(19)20-7)15(21-22(8)9)14(11-12)18(4,5)6/h10-11,22H,1-9H3. The Morgan fingerprint density at radius 1 is 1.00 bits per heavy atom. The van der Waals surface area contributed by atoms with Gasteiger partial charge in [0.1, 0.15) is 11.3 Å². The van der Waals surface area contributed by atoms with Crippen molar-refractivity contribution >= 4 is 15.0 Å². The quantitative estimate of drug-likeness (QED) is 0.610. The zero-order chi connectivity index (χ0) is 17.3. The summed E-state index contributed by atoms with van der Waals surface area (Å²) in [5, 5.41) is 0. The predicted octanol–water partition coefficient (Wildman–Crippen LogP) is 4.43. The van der Waals surface area contributed by atoms with Crippen LogP contribution < -0.4 is 4.43 Å². The van der Waals surface area contributed by atoms with Crippen molar-refractivity contribution < 1.29 is 14.0 Å². The molecule has 4 heteroatoms. The highest BCUT2D eigenvalue weighted by molar-refractivity contribution is 6.49. The van der Waals surface area contributed by atoms with E-state index in [0.29, 0.717) is 11.3 Å². The van der Waals surface area contributed by atoms with Gasteiger partial charge in [-0.1, -0.05) is 47.6 Å². The average Bonchev–Trinajstić information content (AvgIpc) is 2.34. The van der Waals surface area contributed by atoms with Gasteiger partial charge >= 0.3 is 5.97 Å². The fourth-order valence-electron chi connectivity index (χ4n) is 2.24. The Bertz CT molecular complexity index is 549.